The third-order valence-electron chi connectivity index (χ3n) is 5.24. The van der Waals surface area contributed by atoms with Crippen LogP contribution in [-0.4, -0.2) is 32.3 Å². The molecule has 0 saturated carbocycles. The molecule has 0 aliphatic carbocycles. The molecule has 5 nitrogen and oxygen atoms in total. The summed E-state index contributed by atoms with van der Waals surface area (Å²) in [6.45, 7) is 3.14. The molecule has 5 heteroatoms. The zero-order chi connectivity index (χ0) is 18.5. The van der Waals surface area contributed by atoms with Crippen molar-refractivity contribution >= 4 is 11.6 Å². The van der Waals surface area contributed by atoms with Crippen LogP contribution in [0.15, 0.2) is 42.5 Å². The molecule has 27 heavy (non-hydrogen) atoms. The molecule has 142 valence electrons. The molecule has 1 N–H and O–H groups in total. The van der Waals surface area contributed by atoms with Crippen LogP contribution in [0.25, 0.3) is 0 Å². The number of hydrogen-bond donors (Lipinski definition) is 1. The summed E-state index contributed by atoms with van der Waals surface area (Å²) in [5.74, 6) is 1.23. The molecule has 0 aromatic heterocycles. The number of anilines is 1. The van der Waals surface area contributed by atoms with Crippen molar-refractivity contribution in [1.29, 1.82) is 0 Å². The summed E-state index contributed by atoms with van der Waals surface area (Å²) in [4.78, 5) is 14.8. The van der Waals surface area contributed by atoms with E-state index in [9.17, 15) is 4.79 Å². The molecule has 4 rings (SSSR count). The monoisotopic (exact) mass is 366 g/mol. The lowest BCUT2D eigenvalue weighted by atomic mass is 10.1. The van der Waals surface area contributed by atoms with Gasteiger partial charge < -0.3 is 19.7 Å². The first-order valence-electron chi connectivity index (χ1n) is 9.81. The Morgan fingerprint density at radius 2 is 1.67 bits per heavy atom. The highest BCUT2D eigenvalue weighted by Gasteiger charge is 2.16. The molecule has 0 atom stereocenters. The molecule has 0 unspecified atom stereocenters. The number of ether oxygens (including phenoxy) is 2. The first-order valence-corrected chi connectivity index (χ1v) is 9.81. The van der Waals surface area contributed by atoms with Gasteiger partial charge in [-0.1, -0.05) is 25.0 Å². The fourth-order valence-corrected chi connectivity index (χ4v) is 3.66. The Bertz CT molecular complexity index is 781. The smallest absolute Gasteiger partial charge is 0.251 e. The molecule has 1 amide bonds. The van der Waals surface area contributed by atoms with Gasteiger partial charge in [0.2, 0.25) is 6.79 Å². The largest absolute Gasteiger partial charge is 0.454 e. The number of carbonyl (C=O) groups is 1. The highest BCUT2D eigenvalue weighted by atomic mass is 16.7. The first kappa shape index (κ1) is 17.7. The minimum absolute atomic E-state index is 0.0884. The second kappa shape index (κ2) is 8.33. The van der Waals surface area contributed by atoms with Gasteiger partial charge in [-0.25, -0.2) is 0 Å². The van der Waals surface area contributed by atoms with Crippen LogP contribution in [0.3, 0.4) is 0 Å². The van der Waals surface area contributed by atoms with E-state index in [1.807, 2.05) is 0 Å². The van der Waals surface area contributed by atoms with E-state index in [1.165, 1.54) is 36.9 Å². The number of nitrogens with zero attached hydrogens (tertiary/aromatic N) is 1. The second-order valence-corrected chi connectivity index (χ2v) is 7.14. The molecule has 0 radical (unpaired) electrons. The van der Waals surface area contributed by atoms with Crippen molar-refractivity contribution in [3.05, 3.63) is 53.6 Å². The van der Waals surface area contributed by atoms with Crippen LogP contribution in [0, 0.1) is 0 Å². The minimum Gasteiger partial charge on any atom is -0.454 e. The lowest BCUT2D eigenvalue weighted by Crippen LogP contribution is -2.25. The SMILES string of the molecule is O=C(NCCc1ccc(N2CCCCCC2)cc1)c1ccc2c(c1)OCO2. The van der Waals surface area contributed by atoms with E-state index >= 15 is 0 Å². The molecular formula is C22H26N2O3. The predicted molar refractivity (Wildman–Crippen MR) is 106 cm³/mol. The lowest BCUT2D eigenvalue weighted by Gasteiger charge is -2.22. The zero-order valence-electron chi connectivity index (χ0n) is 15.6. The summed E-state index contributed by atoms with van der Waals surface area (Å²) in [7, 11) is 0. The van der Waals surface area contributed by atoms with E-state index < -0.39 is 0 Å². The maximum Gasteiger partial charge on any atom is 0.251 e. The van der Waals surface area contributed by atoms with E-state index in [4.69, 9.17) is 9.47 Å². The Balaban J connectivity index is 1.28. The summed E-state index contributed by atoms with van der Waals surface area (Å²) in [6.07, 6.45) is 6.08. The van der Waals surface area contributed by atoms with Crippen LogP contribution in [0.5, 0.6) is 11.5 Å². The minimum atomic E-state index is -0.0884. The van der Waals surface area contributed by atoms with Crippen molar-refractivity contribution in [2.24, 2.45) is 0 Å². The summed E-state index contributed by atoms with van der Waals surface area (Å²) in [5.41, 5.74) is 3.14. The number of nitrogens with one attached hydrogen (secondary N) is 1. The molecule has 2 aromatic carbocycles. The third kappa shape index (κ3) is 4.35. The van der Waals surface area contributed by atoms with E-state index in [2.05, 4.69) is 34.5 Å². The van der Waals surface area contributed by atoms with Gasteiger partial charge in [0.1, 0.15) is 0 Å². The molecule has 2 aliphatic rings. The Morgan fingerprint density at radius 3 is 2.44 bits per heavy atom. The van der Waals surface area contributed by atoms with Crippen LogP contribution in [0.2, 0.25) is 0 Å². The van der Waals surface area contributed by atoms with Crippen LogP contribution in [-0.2, 0) is 6.42 Å². The average Bonchev–Trinajstić information content (AvgIpc) is 3.00. The summed E-state index contributed by atoms with van der Waals surface area (Å²) >= 11 is 0. The van der Waals surface area contributed by atoms with Gasteiger partial charge in [0.05, 0.1) is 0 Å². The highest BCUT2D eigenvalue weighted by molar-refractivity contribution is 5.94. The zero-order valence-corrected chi connectivity index (χ0v) is 15.6. The molecule has 2 heterocycles. The van der Waals surface area contributed by atoms with Crippen LogP contribution >= 0.6 is 0 Å². The van der Waals surface area contributed by atoms with E-state index in [0.29, 0.717) is 23.6 Å². The molecule has 2 aliphatic heterocycles. The van der Waals surface area contributed by atoms with Gasteiger partial charge in [0.25, 0.3) is 5.91 Å². The second-order valence-electron chi connectivity index (χ2n) is 7.14. The summed E-state index contributed by atoms with van der Waals surface area (Å²) in [5, 5.41) is 2.98. The van der Waals surface area contributed by atoms with Crippen molar-refractivity contribution < 1.29 is 14.3 Å². The summed E-state index contributed by atoms with van der Waals surface area (Å²) < 4.78 is 10.6. The normalized spacial score (nSPS) is 16.1. The standard InChI is InChI=1S/C22H26N2O3/c25-22(18-7-10-20-21(15-18)27-16-26-20)23-12-11-17-5-8-19(9-6-17)24-13-3-1-2-4-14-24/h5-10,15H,1-4,11-14,16H2,(H,23,25). The fraction of sp³-hybridized carbons (Fsp3) is 0.409. The number of fused-ring (bicyclic) bond motifs is 1. The average molecular weight is 366 g/mol. The molecule has 0 bridgehead atoms. The van der Waals surface area contributed by atoms with Crippen LogP contribution < -0.4 is 19.7 Å². The number of rotatable bonds is 5. The van der Waals surface area contributed by atoms with Crippen molar-refractivity contribution in [2.75, 3.05) is 31.3 Å². The predicted octanol–water partition coefficient (Wildman–Crippen LogP) is 3.77. The highest BCUT2D eigenvalue weighted by Crippen LogP contribution is 2.32. The lowest BCUT2D eigenvalue weighted by molar-refractivity contribution is 0.0953. The quantitative estimate of drug-likeness (QED) is 0.875. The molecule has 1 fully saturated rings. The van der Waals surface area contributed by atoms with Gasteiger partial charge >= 0.3 is 0 Å². The molecule has 2 aromatic rings. The number of hydrogen-bond acceptors (Lipinski definition) is 4. The Hall–Kier alpha value is -2.69. The number of benzene rings is 2. The topological polar surface area (TPSA) is 50.8 Å². The van der Waals surface area contributed by atoms with E-state index in [0.717, 1.165) is 19.5 Å². The first-order chi connectivity index (χ1) is 13.3. The van der Waals surface area contributed by atoms with Crippen molar-refractivity contribution in [1.82, 2.24) is 5.32 Å². The van der Waals surface area contributed by atoms with Gasteiger partial charge in [-0.2, -0.15) is 0 Å². The van der Waals surface area contributed by atoms with Gasteiger partial charge in [-0.15, -0.1) is 0 Å². The van der Waals surface area contributed by atoms with Gasteiger partial charge in [-0.05, 0) is 55.2 Å². The molecular weight excluding hydrogens is 340 g/mol. The third-order valence-corrected chi connectivity index (χ3v) is 5.24. The Kier molecular flexibility index (Phi) is 5.47. The van der Waals surface area contributed by atoms with Crippen LogP contribution in [0.1, 0.15) is 41.6 Å². The number of carbonyl (C=O) groups excluding carboxylic acids is 1. The van der Waals surface area contributed by atoms with Crippen LogP contribution in [0.4, 0.5) is 5.69 Å². The Morgan fingerprint density at radius 1 is 0.926 bits per heavy atom. The van der Waals surface area contributed by atoms with Gasteiger partial charge in [0, 0.05) is 30.9 Å². The molecule has 1 saturated heterocycles. The van der Waals surface area contributed by atoms with Crippen molar-refractivity contribution in [3.63, 3.8) is 0 Å². The van der Waals surface area contributed by atoms with Crippen molar-refractivity contribution in [2.45, 2.75) is 32.1 Å². The van der Waals surface area contributed by atoms with Gasteiger partial charge in [0.15, 0.2) is 11.5 Å². The maximum absolute atomic E-state index is 12.3. The summed E-state index contributed by atoms with van der Waals surface area (Å²) in [6, 6.07) is 14.0. The Labute approximate surface area is 160 Å². The maximum atomic E-state index is 12.3. The molecule has 0 spiro atoms. The number of amides is 1. The van der Waals surface area contributed by atoms with E-state index in [-0.39, 0.29) is 12.7 Å². The van der Waals surface area contributed by atoms with Crippen molar-refractivity contribution in [3.8, 4) is 11.5 Å². The fourth-order valence-electron chi connectivity index (χ4n) is 3.66. The van der Waals surface area contributed by atoms with Gasteiger partial charge in [-0.3, -0.25) is 4.79 Å². The van der Waals surface area contributed by atoms with E-state index in [1.54, 1.807) is 18.2 Å².